The van der Waals surface area contributed by atoms with E-state index >= 15 is 0 Å². The third-order valence-electron chi connectivity index (χ3n) is 3.35. The second kappa shape index (κ2) is 6.96. The van der Waals surface area contributed by atoms with E-state index in [2.05, 4.69) is 5.32 Å². The Kier molecular flexibility index (Phi) is 4.74. The van der Waals surface area contributed by atoms with Gasteiger partial charge < -0.3 is 9.73 Å². The molecule has 1 N–H and O–H groups in total. The molecular weight excluding hydrogens is 367 g/mol. The van der Waals surface area contributed by atoms with Crippen molar-refractivity contribution in [1.29, 1.82) is 0 Å². The molecule has 1 aromatic heterocycles. The molecule has 126 valence electrons. The number of anilines is 1. The fraction of sp³-hybridized carbons (Fsp3) is 0. The molecule has 1 heterocycles. The molecule has 3 rings (SSSR count). The van der Waals surface area contributed by atoms with Crippen LogP contribution in [0.15, 0.2) is 59.0 Å². The van der Waals surface area contributed by atoms with Crippen LogP contribution in [0.5, 0.6) is 0 Å². The SMILES string of the molecule is O=C(Nc1cc([N+](=O)[O-])ccc1Cl)c1ccc(-c2cccc(Cl)c2)o1. The van der Waals surface area contributed by atoms with E-state index in [4.69, 9.17) is 27.6 Å². The predicted molar refractivity (Wildman–Crippen MR) is 95.2 cm³/mol. The van der Waals surface area contributed by atoms with Crippen LogP contribution in [0.1, 0.15) is 10.6 Å². The molecule has 0 aliphatic carbocycles. The lowest BCUT2D eigenvalue weighted by molar-refractivity contribution is -0.384. The average molecular weight is 377 g/mol. The molecular formula is C17H10Cl2N2O4. The monoisotopic (exact) mass is 376 g/mol. The second-order valence-corrected chi connectivity index (χ2v) is 5.89. The minimum Gasteiger partial charge on any atom is -0.451 e. The minimum absolute atomic E-state index is 0.0394. The zero-order chi connectivity index (χ0) is 18.0. The van der Waals surface area contributed by atoms with Gasteiger partial charge in [-0.05, 0) is 30.3 Å². The number of nitro groups is 1. The van der Waals surface area contributed by atoms with Crippen LogP contribution in [0.25, 0.3) is 11.3 Å². The number of non-ortho nitro benzene ring substituents is 1. The summed E-state index contributed by atoms with van der Waals surface area (Å²) in [5.74, 6) is -0.0639. The Balaban J connectivity index is 1.83. The first-order chi connectivity index (χ1) is 11.9. The molecule has 0 saturated heterocycles. The van der Waals surface area contributed by atoms with Crippen LogP contribution < -0.4 is 5.32 Å². The van der Waals surface area contributed by atoms with Gasteiger partial charge in [0.15, 0.2) is 5.76 Å². The van der Waals surface area contributed by atoms with Gasteiger partial charge in [-0.2, -0.15) is 0 Å². The summed E-state index contributed by atoms with van der Waals surface area (Å²) < 4.78 is 5.53. The highest BCUT2D eigenvalue weighted by molar-refractivity contribution is 6.34. The van der Waals surface area contributed by atoms with Crippen molar-refractivity contribution < 1.29 is 14.1 Å². The molecule has 25 heavy (non-hydrogen) atoms. The molecule has 0 atom stereocenters. The smallest absolute Gasteiger partial charge is 0.291 e. The van der Waals surface area contributed by atoms with E-state index in [1.165, 1.54) is 24.3 Å². The highest BCUT2D eigenvalue weighted by Gasteiger charge is 2.16. The number of hydrogen-bond donors (Lipinski definition) is 1. The summed E-state index contributed by atoms with van der Waals surface area (Å²) >= 11 is 11.9. The molecule has 8 heteroatoms. The topological polar surface area (TPSA) is 85.4 Å². The Morgan fingerprint density at radius 3 is 2.60 bits per heavy atom. The number of amides is 1. The summed E-state index contributed by atoms with van der Waals surface area (Å²) in [6, 6.07) is 13.9. The van der Waals surface area contributed by atoms with Crippen molar-refractivity contribution in [3.05, 3.63) is 80.5 Å². The van der Waals surface area contributed by atoms with Gasteiger partial charge in [0.25, 0.3) is 11.6 Å². The zero-order valence-corrected chi connectivity index (χ0v) is 14.0. The number of halogens is 2. The number of nitrogens with one attached hydrogen (secondary N) is 1. The number of carbonyl (C=O) groups is 1. The van der Waals surface area contributed by atoms with Gasteiger partial charge in [0.1, 0.15) is 5.76 Å². The standard InChI is InChI=1S/C17H10Cl2N2O4/c18-11-3-1-2-10(8-11)15-6-7-16(25-15)17(22)20-14-9-12(21(23)24)4-5-13(14)19/h1-9H,(H,20,22). The lowest BCUT2D eigenvalue weighted by Gasteiger charge is -2.05. The van der Waals surface area contributed by atoms with E-state index in [0.29, 0.717) is 10.8 Å². The van der Waals surface area contributed by atoms with Gasteiger partial charge in [-0.15, -0.1) is 0 Å². The Morgan fingerprint density at radius 1 is 1.08 bits per heavy atom. The first kappa shape index (κ1) is 17.0. The maximum atomic E-state index is 12.3. The van der Waals surface area contributed by atoms with E-state index in [9.17, 15) is 14.9 Å². The first-order valence-corrected chi connectivity index (χ1v) is 7.81. The largest absolute Gasteiger partial charge is 0.451 e. The Bertz CT molecular complexity index is 969. The van der Waals surface area contributed by atoms with Gasteiger partial charge in [0.05, 0.1) is 15.6 Å². The summed E-state index contributed by atoms with van der Waals surface area (Å²) in [6.45, 7) is 0. The van der Waals surface area contributed by atoms with Crippen LogP contribution >= 0.6 is 23.2 Å². The number of nitro benzene ring substituents is 1. The summed E-state index contributed by atoms with van der Waals surface area (Å²) in [4.78, 5) is 22.6. The molecule has 2 aromatic carbocycles. The lowest BCUT2D eigenvalue weighted by atomic mass is 10.2. The van der Waals surface area contributed by atoms with Crippen LogP contribution in [0, 0.1) is 10.1 Å². The third-order valence-corrected chi connectivity index (χ3v) is 3.91. The first-order valence-electron chi connectivity index (χ1n) is 7.05. The van der Waals surface area contributed by atoms with Gasteiger partial charge in [-0.25, -0.2) is 0 Å². The molecule has 0 fully saturated rings. The van der Waals surface area contributed by atoms with Gasteiger partial charge >= 0.3 is 0 Å². The molecule has 6 nitrogen and oxygen atoms in total. The number of rotatable bonds is 4. The van der Waals surface area contributed by atoms with Gasteiger partial charge in [-0.3, -0.25) is 14.9 Å². The maximum Gasteiger partial charge on any atom is 0.291 e. The van der Waals surface area contributed by atoms with Gasteiger partial charge in [0.2, 0.25) is 0 Å². The molecule has 0 radical (unpaired) electrons. The molecule has 0 saturated carbocycles. The van der Waals surface area contributed by atoms with E-state index in [-0.39, 0.29) is 22.2 Å². The lowest BCUT2D eigenvalue weighted by Crippen LogP contribution is -2.11. The number of nitrogens with zero attached hydrogens (tertiary/aromatic N) is 1. The van der Waals surface area contributed by atoms with Crippen LogP contribution in [0.3, 0.4) is 0 Å². The summed E-state index contributed by atoms with van der Waals surface area (Å²) in [5.41, 5.74) is 0.667. The van der Waals surface area contributed by atoms with Crippen molar-refractivity contribution in [2.45, 2.75) is 0 Å². The number of hydrogen-bond acceptors (Lipinski definition) is 4. The summed E-state index contributed by atoms with van der Waals surface area (Å²) in [7, 11) is 0. The van der Waals surface area contributed by atoms with Crippen LogP contribution in [0.2, 0.25) is 10.0 Å². The molecule has 3 aromatic rings. The second-order valence-electron chi connectivity index (χ2n) is 5.05. The Labute approximate surface area is 152 Å². The summed E-state index contributed by atoms with van der Waals surface area (Å²) in [5, 5.41) is 14.1. The van der Waals surface area contributed by atoms with E-state index in [0.717, 1.165) is 5.56 Å². The number of carbonyl (C=O) groups excluding carboxylic acids is 1. The minimum atomic E-state index is -0.573. The van der Waals surface area contributed by atoms with E-state index < -0.39 is 10.8 Å². The van der Waals surface area contributed by atoms with Crippen molar-refractivity contribution in [2.75, 3.05) is 5.32 Å². The van der Waals surface area contributed by atoms with Crippen LogP contribution in [-0.4, -0.2) is 10.8 Å². The quantitative estimate of drug-likeness (QED) is 0.486. The molecule has 0 spiro atoms. The molecule has 0 aliphatic heterocycles. The van der Waals surface area contributed by atoms with Crippen molar-refractivity contribution in [1.82, 2.24) is 0 Å². The van der Waals surface area contributed by atoms with Crippen molar-refractivity contribution >= 4 is 40.5 Å². The molecule has 0 unspecified atom stereocenters. The maximum absolute atomic E-state index is 12.3. The van der Waals surface area contributed by atoms with Crippen LogP contribution in [-0.2, 0) is 0 Å². The number of benzene rings is 2. The fourth-order valence-corrected chi connectivity index (χ4v) is 2.52. The highest BCUT2D eigenvalue weighted by Crippen LogP contribution is 2.28. The third kappa shape index (κ3) is 3.81. The molecule has 1 amide bonds. The zero-order valence-electron chi connectivity index (χ0n) is 12.5. The average Bonchev–Trinajstić information content (AvgIpc) is 3.07. The van der Waals surface area contributed by atoms with E-state index in [1.807, 2.05) is 0 Å². The van der Waals surface area contributed by atoms with Crippen molar-refractivity contribution in [3.63, 3.8) is 0 Å². The normalized spacial score (nSPS) is 10.5. The van der Waals surface area contributed by atoms with Crippen molar-refractivity contribution in [2.24, 2.45) is 0 Å². The number of furan rings is 1. The highest BCUT2D eigenvalue weighted by atomic mass is 35.5. The summed E-state index contributed by atoms with van der Waals surface area (Å²) in [6.07, 6.45) is 0. The van der Waals surface area contributed by atoms with Gasteiger partial charge in [-0.1, -0.05) is 35.3 Å². The van der Waals surface area contributed by atoms with E-state index in [1.54, 1.807) is 30.3 Å². The molecule has 0 aliphatic rings. The Morgan fingerprint density at radius 2 is 1.88 bits per heavy atom. The van der Waals surface area contributed by atoms with Crippen molar-refractivity contribution in [3.8, 4) is 11.3 Å². The molecule has 0 bridgehead atoms. The van der Waals surface area contributed by atoms with Crippen LogP contribution in [0.4, 0.5) is 11.4 Å². The van der Waals surface area contributed by atoms with Gasteiger partial charge in [0, 0.05) is 22.7 Å². The fourth-order valence-electron chi connectivity index (χ4n) is 2.16. The predicted octanol–water partition coefficient (Wildman–Crippen LogP) is 5.41. The Hall–Kier alpha value is -2.83.